The molecule has 192 valence electrons. The van der Waals surface area contributed by atoms with Crippen molar-refractivity contribution in [2.24, 2.45) is 5.92 Å². The highest BCUT2D eigenvalue weighted by Gasteiger charge is 2.21. The van der Waals surface area contributed by atoms with Gasteiger partial charge in [0.05, 0.1) is 12.0 Å². The predicted octanol–water partition coefficient (Wildman–Crippen LogP) is 10.6. The third-order valence-corrected chi connectivity index (χ3v) is 8.88. The summed E-state index contributed by atoms with van der Waals surface area (Å²) in [5, 5.41) is 3.91. The van der Waals surface area contributed by atoms with Crippen LogP contribution >= 0.6 is 11.3 Å². The zero-order chi connectivity index (χ0) is 26.8. The first-order valence-corrected chi connectivity index (χ1v) is 14.4. The molecular weight excluding hydrogens is 482 g/mol. The van der Waals surface area contributed by atoms with Gasteiger partial charge in [0.1, 0.15) is 5.52 Å². The van der Waals surface area contributed by atoms with Crippen LogP contribution in [0.15, 0.2) is 71.3 Å². The van der Waals surface area contributed by atoms with Crippen LogP contribution in [0.3, 0.4) is 0 Å². The molecule has 0 aliphatic carbocycles. The van der Waals surface area contributed by atoms with E-state index in [2.05, 4.69) is 109 Å². The molecule has 0 aliphatic heterocycles. The Hall–Kier alpha value is -3.43. The van der Waals surface area contributed by atoms with E-state index in [9.17, 15) is 0 Å². The van der Waals surface area contributed by atoms with Gasteiger partial charge in [0.25, 0.3) is 0 Å². The molecule has 6 aromatic rings. The smallest absolute Gasteiger partial charge is 0.160 e. The molecule has 3 heteroatoms. The first kappa shape index (κ1) is 24.9. The molecule has 2 nitrogen and oxygen atoms in total. The number of rotatable bonds is 4. The molecule has 6 rings (SSSR count). The Morgan fingerprint density at radius 1 is 0.895 bits per heavy atom. The van der Waals surface area contributed by atoms with Gasteiger partial charge >= 0.3 is 0 Å². The molecule has 0 radical (unpaired) electrons. The van der Waals surface area contributed by atoms with Crippen LogP contribution in [-0.2, 0) is 11.8 Å². The van der Waals surface area contributed by atoms with E-state index < -0.39 is 0 Å². The molecule has 0 spiro atoms. The van der Waals surface area contributed by atoms with E-state index in [0.29, 0.717) is 5.92 Å². The van der Waals surface area contributed by atoms with Crippen LogP contribution in [0.25, 0.3) is 54.3 Å². The highest BCUT2D eigenvalue weighted by molar-refractivity contribution is 7.19. The second-order valence-electron chi connectivity index (χ2n) is 12.1. The van der Waals surface area contributed by atoms with Crippen molar-refractivity contribution in [1.29, 1.82) is 0 Å². The Balaban J connectivity index is 1.57. The van der Waals surface area contributed by atoms with E-state index in [0.717, 1.165) is 39.9 Å². The van der Waals surface area contributed by atoms with Crippen molar-refractivity contribution >= 4 is 43.3 Å². The first-order chi connectivity index (χ1) is 18.1. The summed E-state index contributed by atoms with van der Waals surface area (Å²) in [6, 6.07) is 22.4. The lowest BCUT2D eigenvalue weighted by Crippen LogP contribution is -2.12. The van der Waals surface area contributed by atoms with Gasteiger partial charge in [-0.15, -0.1) is 11.3 Å². The number of hydrogen-bond donors (Lipinski definition) is 0. The molecule has 0 aliphatic rings. The minimum Gasteiger partial charge on any atom is -0.462 e. The minimum absolute atomic E-state index is 0.0177. The normalized spacial score (nSPS) is 12.4. The summed E-state index contributed by atoms with van der Waals surface area (Å²) in [5.74, 6) is 0.648. The lowest BCUT2D eigenvalue weighted by Gasteiger charge is -2.23. The maximum atomic E-state index is 6.11. The van der Waals surface area contributed by atoms with Gasteiger partial charge in [-0.1, -0.05) is 71.0 Å². The van der Waals surface area contributed by atoms with Crippen LogP contribution in [0, 0.1) is 19.8 Å². The lowest BCUT2D eigenvalue weighted by atomic mass is 9.82. The zero-order valence-corrected chi connectivity index (χ0v) is 24.2. The van der Waals surface area contributed by atoms with Gasteiger partial charge < -0.3 is 4.42 Å². The van der Waals surface area contributed by atoms with Gasteiger partial charge in [-0.2, -0.15) is 0 Å². The summed E-state index contributed by atoms with van der Waals surface area (Å²) in [6.45, 7) is 15.8. The van der Waals surface area contributed by atoms with Crippen molar-refractivity contribution in [2.45, 2.75) is 60.3 Å². The highest BCUT2D eigenvalue weighted by Crippen LogP contribution is 2.40. The Morgan fingerprint density at radius 3 is 2.45 bits per heavy atom. The topological polar surface area (TPSA) is 26.0 Å². The molecule has 3 aromatic heterocycles. The first-order valence-electron chi connectivity index (χ1n) is 13.5. The Morgan fingerprint density at radius 2 is 1.68 bits per heavy atom. The molecule has 38 heavy (non-hydrogen) atoms. The molecule has 0 saturated heterocycles. The van der Waals surface area contributed by atoms with E-state index in [1.807, 2.05) is 17.6 Å². The fraction of sp³-hybridized carbons (Fsp3) is 0.286. The van der Waals surface area contributed by atoms with Crippen LogP contribution in [0.2, 0.25) is 0 Å². The molecule has 0 saturated carbocycles. The van der Waals surface area contributed by atoms with Crippen molar-refractivity contribution in [3.8, 4) is 22.4 Å². The number of fused-ring (bicyclic) bond motifs is 3. The molecule has 0 unspecified atom stereocenters. The number of hydrogen-bond acceptors (Lipinski definition) is 3. The van der Waals surface area contributed by atoms with Gasteiger partial charge in [-0.25, -0.2) is 4.98 Å². The number of nitrogens with zero attached hydrogens (tertiary/aromatic N) is 1. The van der Waals surface area contributed by atoms with Crippen LogP contribution in [0.4, 0.5) is 0 Å². The van der Waals surface area contributed by atoms with E-state index in [1.54, 1.807) is 0 Å². The Labute approximate surface area is 229 Å². The molecule has 3 aromatic carbocycles. The van der Waals surface area contributed by atoms with Gasteiger partial charge in [0.15, 0.2) is 5.58 Å². The van der Waals surface area contributed by atoms with Gasteiger partial charge in [0.2, 0.25) is 0 Å². The largest absolute Gasteiger partial charge is 0.462 e. The number of aryl methyl sites for hydroxylation is 2. The van der Waals surface area contributed by atoms with E-state index in [-0.39, 0.29) is 5.41 Å². The van der Waals surface area contributed by atoms with Crippen molar-refractivity contribution in [3.05, 3.63) is 88.5 Å². The second kappa shape index (κ2) is 9.10. The van der Waals surface area contributed by atoms with E-state index >= 15 is 0 Å². The monoisotopic (exact) mass is 517 g/mol. The van der Waals surface area contributed by atoms with Gasteiger partial charge in [-0.05, 0) is 88.7 Å². The quantitative estimate of drug-likeness (QED) is 0.232. The van der Waals surface area contributed by atoms with Crippen LogP contribution in [0.5, 0.6) is 0 Å². The third kappa shape index (κ3) is 4.23. The molecule has 0 bridgehead atoms. The van der Waals surface area contributed by atoms with Crippen molar-refractivity contribution < 1.29 is 4.42 Å². The minimum atomic E-state index is 0.0177. The number of aromatic nitrogens is 1. The third-order valence-electron chi connectivity index (χ3n) is 7.61. The summed E-state index contributed by atoms with van der Waals surface area (Å²) in [5.41, 5.74) is 10.0. The second-order valence-corrected chi connectivity index (χ2v) is 13.2. The number of pyridine rings is 1. The molecular formula is C35H35NOS. The van der Waals surface area contributed by atoms with E-state index in [1.165, 1.54) is 42.4 Å². The SMILES string of the molecule is Cc1c(CC(C)C)sc2cc(-c3cc(-c4cc(C(C)(C)C)c5ccccc5c4)nc4c(C)coc34)ccc12. The van der Waals surface area contributed by atoms with Gasteiger partial charge in [-0.3, -0.25) is 0 Å². The van der Waals surface area contributed by atoms with Crippen LogP contribution in [0.1, 0.15) is 56.2 Å². The Kier molecular flexibility index (Phi) is 5.96. The summed E-state index contributed by atoms with van der Waals surface area (Å²) >= 11 is 1.93. The molecule has 3 heterocycles. The number of thiophene rings is 1. The fourth-order valence-electron chi connectivity index (χ4n) is 5.57. The lowest BCUT2D eigenvalue weighted by molar-refractivity contribution is 0.596. The molecule has 0 amide bonds. The van der Waals surface area contributed by atoms with Crippen molar-refractivity contribution in [1.82, 2.24) is 4.98 Å². The number of benzene rings is 3. The maximum Gasteiger partial charge on any atom is 0.160 e. The summed E-state index contributed by atoms with van der Waals surface area (Å²) in [4.78, 5) is 6.64. The van der Waals surface area contributed by atoms with Crippen LogP contribution in [-0.4, -0.2) is 4.98 Å². The van der Waals surface area contributed by atoms with Crippen molar-refractivity contribution in [3.63, 3.8) is 0 Å². The zero-order valence-electron chi connectivity index (χ0n) is 23.4. The summed E-state index contributed by atoms with van der Waals surface area (Å²) < 4.78 is 7.45. The molecule has 0 fully saturated rings. The van der Waals surface area contributed by atoms with Crippen LogP contribution < -0.4 is 0 Å². The molecule has 0 N–H and O–H groups in total. The summed E-state index contributed by atoms with van der Waals surface area (Å²) in [7, 11) is 0. The average molecular weight is 518 g/mol. The van der Waals surface area contributed by atoms with Crippen molar-refractivity contribution in [2.75, 3.05) is 0 Å². The molecule has 0 atom stereocenters. The predicted molar refractivity (Wildman–Crippen MR) is 164 cm³/mol. The highest BCUT2D eigenvalue weighted by atomic mass is 32.1. The fourth-order valence-corrected chi connectivity index (χ4v) is 7.04. The number of furan rings is 1. The maximum absolute atomic E-state index is 6.11. The Bertz CT molecular complexity index is 1830. The van der Waals surface area contributed by atoms with E-state index in [4.69, 9.17) is 9.40 Å². The average Bonchev–Trinajstić information content (AvgIpc) is 3.40. The standard InChI is InChI=1S/C35H35NOS/c1-20(2)14-31-22(4)26-13-12-24(17-32(26)38-31)28-18-30(36-33-21(3)19-37-34(28)33)25-15-23-10-8-9-11-27(23)29(16-25)35(5,6)7/h8-13,15-20H,14H2,1-7H3. The summed E-state index contributed by atoms with van der Waals surface area (Å²) in [6.07, 6.45) is 2.96. The van der Waals surface area contributed by atoms with Gasteiger partial charge in [0, 0.05) is 26.3 Å².